The van der Waals surface area contributed by atoms with Crippen molar-refractivity contribution in [1.29, 1.82) is 0 Å². The first kappa shape index (κ1) is 30.3. The number of aromatic nitrogens is 2. The number of imide groups is 1. The van der Waals surface area contributed by atoms with Crippen molar-refractivity contribution in [3.63, 3.8) is 0 Å². The van der Waals surface area contributed by atoms with Gasteiger partial charge in [0.15, 0.2) is 5.75 Å². The van der Waals surface area contributed by atoms with Gasteiger partial charge in [0.05, 0.1) is 21.2 Å². The molecule has 38 heavy (non-hydrogen) atoms. The Hall–Kier alpha value is -2.20. The molecule has 0 saturated heterocycles. The Morgan fingerprint density at radius 1 is 1.00 bits per heavy atom. The van der Waals surface area contributed by atoms with E-state index in [0.29, 0.717) is 23.0 Å². The quantitative estimate of drug-likeness (QED) is 0.161. The third kappa shape index (κ3) is 6.68. The van der Waals surface area contributed by atoms with Crippen molar-refractivity contribution in [2.24, 2.45) is 0 Å². The Morgan fingerprint density at radius 3 is 2.03 bits per heavy atom. The lowest BCUT2D eigenvalue weighted by Crippen LogP contribution is -2.39. The van der Waals surface area contributed by atoms with Crippen LogP contribution in [0.2, 0.25) is 15.1 Å². The highest BCUT2D eigenvalue weighted by Gasteiger charge is 2.46. The SMILES string of the molecule is CCCN(CC)C(=O)n1ccnc1Oc1c(Cl)cc(Cl)cc1Cl.O=C1c2ccccc2C(=O)N1C(Cl)(Cl)Cl. The highest BCUT2D eigenvalue weighted by atomic mass is 35.6. The number of carbonyl (C=O) groups is 3. The van der Waals surface area contributed by atoms with Crippen LogP contribution in [0, 0.1) is 0 Å². The van der Waals surface area contributed by atoms with Gasteiger partial charge in [-0.25, -0.2) is 19.2 Å². The summed E-state index contributed by atoms with van der Waals surface area (Å²) in [6, 6.07) is 9.22. The molecule has 0 unspecified atom stereocenters. The van der Waals surface area contributed by atoms with E-state index in [0.717, 1.165) is 6.42 Å². The molecule has 0 fully saturated rings. The summed E-state index contributed by atoms with van der Waals surface area (Å²) in [4.78, 5) is 42.3. The van der Waals surface area contributed by atoms with E-state index in [1.165, 1.54) is 41.2 Å². The van der Waals surface area contributed by atoms with Crippen LogP contribution in [-0.2, 0) is 0 Å². The van der Waals surface area contributed by atoms with E-state index in [1.54, 1.807) is 17.0 Å². The molecule has 0 atom stereocenters. The number of benzene rings is 2. The fraction of sp³-hybridized carbons (Fsp3) is 0.250. The van der Waals surface area contributed by atoms with Crippen molar-refractivity contribution in [3.05, 3.63) is 75.0 Å². The van der Waals surface area contributed by atoms with Gasteiger partial charge in [0.2, 0.25) is 0 Å². The molecule has 0 aliphatic carbocycles. The molecule has 0 bridgehead atoms. The maximum atomic E-state index is 12.5. The van der Waals surface area contributed by atoms with Crippen LogP contribution in [0.1, 0.15) is 41.0 Å². The Bertz CT molecular complexity index is 1300. The van der Waals surface area contributed by atoms with Crippen molar-refractivity contribution >= 4 is 87.5 Å². The number of hydrogen-bond acceptors (Lipinski definition) is 5. The van der Waals surface area contributed by atoms with Crippen molar-refractivity contribution in [1.82, 2.24) is 19.4 Å². The minimum absolute atomic E-state index is 0.0932. The molecule has 3 aromatic rings. The van der Waals surface area contributed by atoms with E-state index in [-0.39, 0.29) is 39.0 Å². The van der Waals surface area contributed by atoms with Crippen LogP contribution in [0.25, 0.3) is 0 Å². The summed E-state index contributed by atoms with van der Waals surface area (Å²) in [6.45, 7) is 5.16. The number of ether oxygens (including phenoxy) is 1. The normalized spacial score (nSPS) is 12.7. The fourth-order valence-corrected chi connectivity index (χ4v) is 4.81. The molecule has 3 amide bonds. The van der Waals surface area contributed by atoms with Crippen LogP contribution in [0.4, 0.5) is 4.79 Å². The van der Waals surface area contributed by atoms with Crippen molar-refractivity contribution in [2.45, 2.75) is 24.2 Å². The molecular weight excluding hydrogens is 621 g/mol. The van der Waals surface area contributed by atoms with Crippen LogP contribution in [0.15, 0.2) is 48.8 Å². The summed E-state index contributed by atoms with van der Waals surface area (Å²) in [7, 11) is 0. The van der Waals surface area contributed by atoms with Gasteiger partial charge in [-0.15, -0.1) is 0 Å². The molecular formula is C24H20Cl6N4O4. The number of imidazole rings is 1. The number of nitrogens with zero attached hydrogens (tertiary/aromatic N) is 4. The number of fused-ring (bicyclic) bond motifs is 1. The monoisotopic (exact) mass is 638 g/mol. The second-order valence-electron chi connectivity index (χ2n) is 7.70. The molecule has 1 aliphatic heterocycles. The molecule has 8 nitrogen and oxygen atoms in total. The lowest BCUT2D eigenvalue weighted by molar-refractivity contribution is 0.0649. The van der Waals surface area contributed by atoms with E-state index in [2.05, 4.69) is 4.98 Å². The highest BCUT2D eigenvalue weighted by Crippen LogP contribution is 2.39. The Morgan fingerprint density at radius 2 is 1.55 bits per heavy atom. The number of hydrogen-bond donors (Lipinski definition) is 0. The van der Waals surface area contributed by atoms with Crippen LogP contribution in [0.5, 0.6) is 11.8 Å². The fourth-order valence-electron chi connectivity index (χ4n) is 3.46. The Balaban J connectivity index is 0.000000230. The van der Waals surface area contributed by atoms with Gasteiger partial charge in [-0.3, -0.25) is 9.59 Å². The summed E-state index contributed by atoms with van der Waals surface area (Å²) < 4.78 is 4.91. The Labute approximate surface area is 248 Å². The van der Waals surface area contributed by atoms with Crippen molar-refractivity contribution < 1.29 is 19.1 Å². The predicted octanol–water partition coefficient (Wildman–Crippen LogP) is 7.95. The zero-order chi connectivity index (χ0) is 28.2. The van der Waals surface area contributed by atoms with E-state index in [1.807, 2.05) is 13.8 Å². The van der Waals surface area contributed by atoms with Gasteiger partial charge in [-0.05, 0) is 37.6 Å². The number of halogens is 6. The predicted molar refractivity (Wildman–Crippen MR) is 149 cm³/mol. The second-order valence-corrected chi connectivity index (χ2v) is 11.2. The maximum Gasteiger partial charge on any atom is 0.332 e. The standard InChI is InChI=1S/C15H16Cl3N3O2.C9H4Cl3NO2/c1-3-6-20(4-2)15(22)21-7-5-19-14(21)23-13-11(17)8-10(16)9-12(13)18;10-9(11,12)13-7(14)5-3-1-2-4-6(5)8(13)15/h5,7-9H,3-4,6H2,1-2H3;1-4H. The zero-order valence-corrected chi connectivity index (χ0v) is 24.5. The van der Waals surface area contributed by atoms with Crippen LogP contribution in [-0.4, -0.2) is 54.2 Å². The molecule has 0 spiro atoms. The number of alkyl halides is 3. The van der Waals surface area contributed by atoms with Gasteiger partial charge in [0.25, 0.3) is 15.7 Å². The summed E-state index contributed by atoms with van der Waals surface area (Å²) >= 11 is 34.7. The number of rotatable bonds is 5. The minimum atomic E-state index is -2.05. The third-order valence-electron chi connectivity index (χ3n) is 5.16. The smallest absolute Gasteiger partial charge is 0.332 e. The van der Waals surface area contributed by atoms with Crippen LogP contribution >= 0.6 is 69.6 Å². The summed E-state index contributed by atoms with van der Waals surface area (Å²) in [5.41, 5.74) is 0.516. The molecule has 0 saturated carbocycles. The van der Waals surface area contributed by atoms with E-state index in [4.69, 9.17) is 74.3 Å². The van der Waals surface area contributed by atoms with Crippen molar-refractivity contribution in [2.75, 3.05) is 13.1 Å². The summed E-state index contributed by atoms with van der Waals surface area (Å²) in [5.74, 6) is -0.970. The van der Waals surface area contributed by atoms with Gasteiger partial charge in [-0.2, -0.15) is 0 Å². The van der Waals surface area contributed by atoms with Gasteiger partial charge < -0.3 is 9.64 Å². The molecule has 202 valence electrons. The average molecular weight is 641 g/mol. The van der Waals surface area contributed by atoms with Gasteiger partial charge in [-0.1, -0.05) is 88.7 Å². The molecule has 14 heteroatoms. The van der Waals surface area contributed by atoms with Crippen molar-refractivity contribution in [3.8, 4) is 11.8 Å². The Kier molecular flexibility index (Phi) is 10.2. The summed E-state index contributed by atoms with van der Waals surface area (Å²) in [6.07, 6.45) is 3.87. The van der Waals surface area contributed by atoms with Crippen LogP contribution in [0.3, 0.4) is 0 Å². The van der Waals surface area contributed by atoms with E-state index in [9.17, 15) is 14.4 Å². The topological polar surface area (TPSA) is 84.7 Å². The molecule has 1 aromatic heterocycles. The first-order valence-electron chi connectivity index (χ1n) is 11.1. The largest absolute Gasteiger partial charge is 0.422 e. The average Bonchev–Trinajstić information content (AvgIpc) is 3.42. The molecule has 4 rings (SSSR count). The highest BCUT2D eigenvalue weighted by molar-refractivity contribution is 6.68. The molecule has 2 heterocycles. The van der Waals surface area contributed by atoms with Gasteiger partial charge in [0, 0.05) is 30.5 Å². The third-order valence-corrected chi connectivity index (χ3v) is 6.45. The number of amides is 3. The second kappa shape index (κ2) is 12.8. The van der Waals surface area contributed by atoms with Gasteiger partial charge >= 0.3 is 12.0 Å². The lowest BCUT2D eigenvalue weighted by atomic mass is 10.1. The van der Waals surface area contributed by atoms with E-state index >= 15 is 0 Å². The minimum Gasteiger partial charge on any atom is -0.422 e. The summed E-state index contributed by atoms with van der Waals surface area (Å²) in [5, 5.41) is 0.877. The van der Waals surface area contributed by atoms with Gasteiger partial charge in [0.1, 0.15) is 0 Å². The lowest BCUT2D eigenvalue weighted by Gasteiger charge is -2.21. The first-order chi connectivity index (χ1) is 17.9. The van der Waals surface area contributed by atoms with Crippen LogP contribution < -0.4 is 4.74 Å². The maximum absolute atomic E-state index is 12.5. The molecule has 1 aliphatic rings. The molecule has 0 N–H and O–H groups in total. The van der Waals surface area contributed by atoms with E-state index < -0.39 is 15.7 Å². The number of carbonyl (C=O) groups excluding carboxylic acids is 3. The first-order valence-corrected chi connectivity index (χ1v) is 13.4. The molecule has 2 aromatic carbocycles. The zero-order valence-electron chi connectivity index (χ0n) is 19.9. The molecule has 0 radical (unpaired) electrons.